The van der Waals surface area contributed by atoms with Gasteiger partial charge in [-0.15, -0.1) is 0 Å². The van der Waals surface area contributed by atoms with E-state index in [1.54, 1.807) is 6.92 Å². The molecule has 90 valence electrons. The molecule has 15 heavy (non-hydrogen) atoms. The molecule has 0 amide bonds. The highest BCUT2D eigenvalue weighted by atomic mass is 16.6. The fourth-order valence-electron chi connectivity index (χ4n) is 0.876. The number of rotatable bonds is 8. The molecular formula is C10H21NO4. The molecule has 0 aromatic carbocycles. The van der Waals surface area contributed by atoms with E-state index in [1.165, 1.54) is 0 Å². The van der Waals surface area contributed by atoms with Gasteiger partial charge in [-0.2, -0.15) is 0 Å². The average molecular weight is 219 g/mol. The molecule has 0 unspecified atom stereocenters. The van der Waals surface area contributed by atoms with Crippen LogP contribution < -0.4 is 5.32 Å². The van der Waals surface area contributed by atoms with Crippen molar-refractivity contribution in [3.8, 4) is 0 Å². The van der Waals surface area contributed by atoms with E-state index in [0.29, 0.717) is 19.8 Å². The van der Waals surface area contributed by atoms with Gasteiger partial charge in [-0.1, -0.05) is 0 Å². The van der Waals surface area contributed by atoms with Gasteiger partial charge >= 0.3 is 5.97 Å². The van der Waals surface area contributed by atoms with E-state index in [9.17, 15) is 4.79 Å². The van der Waals surface area contributed by atoms with Crippen LogP contribution >= 0.6 is 0 Å². The molecule has 0 radical (unpaired) electrons. The van der Waals surface area contributed by atoms with E-state index in [4.69, 9.17) is 9.84 Å². The number of ether oxygens (including phenoxy) is 2. The smallest absolute Gasteiger partial charge is 0.332 e. The molecule has 0 aromatic heterocycles. The van der Waals surface area contributed by atoms with E-state index in [1.807, 2.05) is 13.8 Å². The third-order valence-electron chi connectivity index (χ3n) is 1.77. The predicted octanol–water partition coefficient (Wildman–Crippen LogP) is -0.0734. The highest BCUT2D eigenvalue weighted by molar-refractivity contribution is 5.70. The Balaban J connectivity index is 3.36. The van der Waals surface area contributed by atoms with Crippen molar-refractivity contribution in [3.63, 3.8) is 0 Å². The molecule has 0 aliphatic carbocycles. The summed E-state index contributed by atoms with van der Waals surface area (Å²) >= 11 is 0. The Hall–Kier alpha value is -0.650. The van der Waals surface area contributed by atoms with Gasteiger partial charge in [-0.3, -0.25) is 0 Å². The molecule has 0 heterocycles. The molecule has 0 fully saturated rings. The van der Waals surface area contributed by atoms with E-state index in [-0.39, 0.29) is 24.7 Å². The molecule has 0 aliphatic heterocycles. The van der Waals surface area contributed by atoms with Crippen molar-refractivity contribution in [2.75, 3.05) is 33.0 Å². The molecule has 0 aromatic rings. The summed E-state index contributed by atoms with van der Waals surface area (Å²) in [5.74, 6) is -0.348. The summed E-state index contributed by atoms with van der Waals surface area (Å²) in [6.45, 7) is 6.95. The third kappa shape index (κ3) is 8.35. The Morgan fingerprint density at radius 2 is 2.13 bits per heavy atom. The van der Waals surface area contributed by atoms with Gasteiger partial charge in [-0.05, 0) is 20.8 Å². The summed E-state index contributed by atoms with van der Waals surface area (Å²) in [5, 5.41) is 12.0. The van der Waals surface area contributed by atoms with Crippen LogP contribution in [-0.4, -0.2) is 49.6 Å². The van der Waals surface area contributed by atoms with Crippen molar-refractivity contribution in [2.24, 2.45) is 0 Å². The van der Waals surface area contributed by atoms with Gasteiger partial charge in [-0.25, -0.2) is 4.79 Å². The van der Waals surface area contributed by atoms with Crippen molar-refractivity contribution in [2.45, 2.75) is 26.3 Å². The monoisotopic (exact) mass is 219 g/mol. The minimum atomic E-state index is -0.348. The Bertz CT molecular complexity index is 182. The summed E-state index contributed by atoms with van der Waals surface area (Å²) in [5.41, 5.74) is -0.312. The lowest BCUT2D eigenvalue weighted by atomic mass is 10.1. The number of aliphatic hydroxyl groups excluding tert-OH is 1. The maximum absolute atomic E-state index is 10.9. The second-order valence-electron chi connectivity index (χ2n) is 3.83. The highest BCUT2D eigenvalue weighted by Crippen LogP contribution is 1.97. The van der Waals surface area contributed by atoms with E-state index in [0.717, 1.165) is 0 Å². The largest absolute Gasteiger partial charge is 0.464 e. The lowest BCUT2D eigenvalue weighted by Crippen LogP contribution is -2.44. The second-order valence-corrected chi connectivity index (χ2v) is 3.83. The summed E-state index contributed by atoms with van der Waals surface area (Å²) < 4.78 is 9.76. The third-order valence-corrected chi connectivity index (χ3v) is 1.77. The molecule has 0 saturated heterocycles. The van der Waals surface area contributed by atoms with Crippen LogP contribution in [0.1, 0.15) is 20.8 Å². The van der Waals surface area contributed by atoms with Gasteiger partial charge < -0.3 is 19.9 Å². The number of carbonyl (C=O) groups excluding carboxylic acids is 1. The number of carbonyl (C=O) groups is 1. The number of hydrogen-bond acceptors (Lipinski definition) is 5. The van der Waals surface area contributed by atoms with Crippen molar-refractivity contribution in [1.82, 2.24) is 5.32 Å². The van der Waals surface area contributed by atoms with Gasteiger partial charge in [0.15, 0.2) is 0 Å². The lowest BCUT2D eigenvalue weighted by Gasteiger charge is -2.23. The molecule has 0 spiro atoms. The van der Waals surface area contributed by atoms with Crippen molar-refractivity contribution >= 4 is 5.97 Å². The quantitative estimate of drug-likeness (QED) is 0.442. The first-order valence-electron chi connectivity index (χ1n) is 5.11. The molecule has 0 bridgehead atoms. The maximum atomic E-state index is 10.9. The topological polar surface area (TPSA) is 67.8 Å². The van der Waals surface area contributed by atoms with Crippen molar-refractivity contribution in [3.05, 3.63) is 0 Å². The second kappa shape index (κ2) is 7.62. The molecule has 0 saturated carbocycles. The van der Waals surface area contributed by atoms with Crippen LogP contribution in [0.4, 0.5) is 0 Å². The minimum Gasteiger partial charge on any atom is -0.464 e. The molecule has 2 N–H and O–H groups in total. The van der Waals surface area contributed by atoms with Crippen molar-refractivity contribution < 1.29 is 19.4 Å². The van der Waals surface area contributed by atoms with Crippen molar-refractivity contribution in [1.29, 1.82) is 0 Å². The lowest BCUT2D eigenvalue weighted by molar-refractivity contribution is -0.148. The van der Waals surface area contributed by atoms with Crippen LogP contribution in [0.3, 0.4) is 0 Å². The number of nitrogens with one attached hydrogen (secondary N) is 1. The number of aliphatic hydroxyl groups is 1. The Kier molecular flexibility index (Phi) is 7.29. The highest BCUT2D eigenvalue weighted by Gasteiger charge is 2.14. The zero-order valence-electron chi connectivity index (χ0n) is 9.71. The first kappa shape index (κ1) is 14.3. The Morgan fingerprint density at radius 3 is 2.67 bits per heavy atom. The predicted molar refractivity (Wildman–Crippen MR) is 56.6 cm³/mol. The van der Waals surface area contributed by atoms with E-state index in [2.05, 4.69) is 10.1 Å². The van der Waals surface area contributed by atoms with E-state index < -0.39 is 0 Å². The molecule has 0 rings (SSSR count). The summed E-state index contributed by atoms with van der Waals surface area (Å²) in [6.07, 6.45) is 0. The van der Waals surface area contributed by atoms with Gasteiger partial charge in [0.2, 0.25) is 0 Å². The molecule has 0 aliphatic rings. The fraction of sp³-hybridized carbons (Fsp3) is 0.900. The van der Waals surface area contributed by atoms with E-state index >= 15 is 0 Å². The first-order valence-corrected chi connectivity index (χ1v) is 5.11. The summed E-state index contributed by atoms with van der Waals surface area (Å²) in [7, 11) is 0. The SMILES string of the molecule is CCOC(=O)COCCNC(C)(C)CO. The van der Waals surface area contributed by atoms with Gasteiger partial charge in [0.25, 0.3) is 0 Å². The average Bonchev–Trinajstić information content (AvgIpc) is 2.17. The Labute approximate surface area is 90.8 Å². The van der Waals surface area contributed by atoms with Crippen LogP contribution in [0.15, 0.2) is 0 Å². The van der Waals surface area contributed by atoms with Gasteiger partial charge in [0.1, 0.15) is 6.61 Å². The summed E-state index contributed by atoms with van der Waals surface area (Å²) in [6, 6.07) is 0. The van der Waals surface area contributed by atoms with Gasteiger partial charge in [0, 0.05) is 12.1 Å². The first-order chi connectivity index (χ1) is 7.02. The molecule has 5 heteroatoms. The standard InChI is InChI=1S/C10H21NO4/c1-4-15-9(13)7-14-6-5-11-10(2,3)8-12/h11-12H,4-8H2,1-3H3. The van der Waals surface area contributed by atoms with Gasteiger partial charge in [0.05, 0.1) is 19.8 Å². The molecular weight excluding hydrogens is 198 g/mol. The fourth-order valence-corrected chi connectivity index (χ4v) is 0.876. The van der Waals surface area contributed by atoms with Crippen LogP contribution in [0.2, 0.25) is 0 Å². The van der Waals surface area contributed by atoms with Crippen LogP contribution in [0.25, 0.3) is 0 Å². The number of esters is 1. The normalized spacial score (nSPS) is 11.5. The number of hydrogen-bond donors (Lipinski definition) is 2. The zero-order valence-corrected chi connectivity index (χ0v) is 9.71. The van der Waals surface area contributed by atoms with Crippen LogP contribution in [0, 0.1) is 0 Å². The van der Waals surface area contributed by atoms with Crippen LogP contribution in [-0.2, 0) is 14.3 Å². The Morgan fingerprint density at radius 1 is 1.47 bits per heavy atom. The molecule has 5 nitrogen and oxygen atoms in total. The zero-order chi connectivity index (χ0) is 11.7. The molecule has 0 atom stereocenters. The van der Waals surface area contributed by atoms with Crippen LogP contribution in [0.5, 0.6) is 0 Å². The minimum absolute atomic E-state index is 0.0188. The maximum Gasteiger partial charge on any atom is 0.332 e. The summed E-state index contributed by atoms with van der Waals surface area (Å²) in [4.78, 5) is 10.9.